The van der Waals surface area contributed by atoms with Gasteiger partial charge in [0, 0.05) is 5.69 Å². The molecule has 2 aromatic rings. The topological polar surface area (TPSA) is 93.7 Å². The van der Waals surface area contributed by atoms with Crippen molar-refractivity contribution in [1.82, 2.24) is 5.32 Å². The summed E-state index contributed by atoms with van der Waals surface area (Å²) in [5, 5.41) is 4.60. The Morgan fingerprint density at radius 1 is 1.00 bits per heavy atom. The number of nitrogens with one attached hydrogen (secondary N) is 2. The highest BCUT2D eigenvalue weighted by Crippen LogP contribution is 2.18. The molecule has 2 N–H and O–H groups in total. The van der Waals surface area contributed by atoms with Gasteiger partial charge in [-0.05, 0) is 35.7 Å². The molecule has 0 bridgehead atoms. The van der Waals surface area contributed by atoms with Crippen LogP contribution in [0.15, 0.2) is 54.6 Å². The summed E-state index contributed by atoms with van der Waals surface area (Å²) in [5.74, 6) is -0.590. The molecule has 2 rings (SSSR count). The van der Waals surface area contributed by atoms with Crippen molar-refractivity contribution in [2.75, 3.05) is 19.0 Å². The van der Waals surface area contributed by atoms with Crippen molar-refractivity contribution in [3.8, 4) is 5.75 Å². The predicted octanol–water partition coefficient (Wildman–Crippen LogP) is 3.08. The van der Waals surface area contributed by atoms with E-state index < -0.39 is 24.5 Å². The number of anilines is 1. The maximum Gasteiger partial charge on any atom is 0.325 e. The van der Waals surface area contributed by atoms with E-state index in [2.05, 4.69) is 10.6 Å². The van der Waals surface area contributed by atoms with Crippen LogP contribution in [0.1, 0.15) is 24.8 Å². The van der Waals surface area contributed by atoms with Crippen molar-refractivity contribution in [3.63, 3.8) is 0 Å². The van der Waals surface area contributed by atoms with E-state index in [9.17, 15) is 14.4 Å². The number of urea groups is 1. The molecule has 0 fully saturated rings. The van der Waals surface area contributed by atoms with Crippen LogP contribution in [0.5, 0.6) is 5.75 Å². The molecule has 7 heteroatoms. The minimum absolute atomic E-state index is 0.0277. The molecule has 0 saturated carbocycles. The summed E-state index contributed by atoms with van der Waals surface area (Å²) < 4.78 is 9.95. The number of hydrogen-bond acceptors (Lipinski definition) is 5. The minimum atomic E-state index is -0.709. The molecule has 1 unspecified atom stereocenters. The van der Waals surface area contributed by atoms with Gasteiger partial charge in [0.1, 0.15) is 5.75 Å². The lowest BCUT2D eigenvalue weighted by molar-refractivity contribution is -0.148. The molecule has 0 heterocycles. The zero-order chi connectivity index (χ0) is 19.6. The molecule has 0 saturated heterocycles. The number of amides is 3. The van der Waals surface area contributed by atoms with E-state index in [1.165, 1.54) is 7.11 Å². The molecular formula is C20H22N2O5. The Kier molecular flexibility index (Phi) is 7.37. The van der Waals surface area contributed by atoms with Crippen LogP contribution >= 0.6 is 0 Å². The average molecular weight is 370 g/mol. The Hall–Kier alpha value is -3.35. The largest absolute Gasteiger partial charge is 0.497 e. The van der Waals surface area contributed by atoms with Gasteiger partial charge in [0.15, 0.2) is 6.61 Å². The van der Waals surface area contributed by atoms with E-state index in [4.69, 9.17) is 9.47 Å². The van der Waals surface area contributed by atoms with Crippen LogP contribution in [0, 0.1) is 0 Å². The van der Waals surface area contributed by atoms with Gasteiger partial charge in [0.2, 0.25) is 0 Å². The molecule has 0 radical (unpaired) electrons. The quantitative estimate of drug-likeness (QED) is 0.731. The van der Waals surface area contributed by atoms with Crippen molar-refractivity contribution in [2.24, 2.45) is 0 Å². The SMILES string of the molecule is COc1ccc(NC(=O)NC(=O)COC(=O)CC(C)c2ccccc2)cc1. The second-order valence-electron chi connectivity index (χ2n) is 5.91. The third-order valence-electron chi connectivity index (χ3n) is 3.81. The number of carbonyl (C=O) groups excluding carboxylic acids is 3. The van der Waals surface area contributed by atoms with Gasteiger partial charge >= 0.3 is 12.0 Å². The first-order valence-corrected chi connectivity index (χ1v) is 8.43. The Morgan fingerprint density at radius 3 is 2.30 bits per heavy atom. The lowest BCUT2D eigenvalue weighted by Gasteiger charge is -2.11. The first-order chi connectivity index (χ1) is 13.0. The minimum Gasteiger partial charge on any atom is -0.497 e. The number of carbonyl (C=O) groups is 3. The summed E-state index contributed by atoms with van der Waals surface area (Å²) in [6.45, 7) is 1.38. The Bertz CT molecular complexity index is 775. The molecule has 2 aromatic carbocycles. The molecule has 27 heavy (non-hydrogen) atoms. The Labute approximate surface area is 157 Å². The van der Waals surface area contributed by atoms with Gasteiger partial charge in [-0.1, -0.05) is 37.3 Å². The predicted molar refractivity (Wildman–Crippen MR) is 101 cm³/mol. The summed E-state index contributed by atoms with van der Waals surface area (Å²) in [4.78, 5) is 35.4. The number of esters is 1. The van der Waals surface area contributed by atoms with Crippen LogP contribution in [0.3, 0.4) is 0 Å². The first-order valence-electron chi connectivity index (χ1n) is 8.43. The van der Waals surface area contributed by atoms with Gasteiger partial charge in [0.25, 0.3) is 5.91 Å². The summed E-state index contributed by atoms with van der Waals surface area (Å²) in [7, 11) is 1.54. The monoisotopic (exact) mass is 370 g/mol. The molecule has 0 aliphatic heterocycles. The molecule has 7 nitrogen and oxygen atoms in total. The van der Waals surface area contributed by atoms with Crippen molar-refractivity contribution in [3.05, 3.63) is 60.2 Å². The maximum absolute atomic E-state index is 11.9. The van der Waals surface area contributed by atoms with Crippen LogP contribution < -0.4 is 15.4 Å². The van der Waals surface area contributed by atoms with E-state index in [0.717, 1.165) is 5.56 Å². The standard InChI is InChI=1S/C20H22N2O5/c1-14(15-6-4-3-5-7-15)12-19(24)27-13-18(23)22-20(25)21-16-8-10-17(26-2)11-9-16/h3-11,14H,12-13H2,1-2H3,(H2,21,22,23,25). The third kappa shape index (κ3) is 6.81. The van der Waals surface area contributed by atoms with Crippen molar-refractivity contribution < 1.29 is 23.9 Å². The highest BCUT2D eigenvalue weighted by Gasteiger charge is 2.15. The molecule has 0 spiro atoms. The number of rotatable bonds is 7. The van der Waals surface area contributed by atoms with Gasteiger partial charge in [-0.3, -0.25) is 14.9 Å². The van der Waals surface area contributed by atoms with E-state index in [1.807, 2.05) is 37.3 Å². The fourth-order valence-corrected chi connectivity index (χ4v) is 2.35. The second kappa shape index (κ2) is 9.96. The zero-order valence-electron chi connectivity index (χ0n) is 15.2. The third-order valence-corrected chi connectivity index (χ3v) is 3.81. The summed E-state index contributed by atoms with van der Waals surface area (Å²) in [5.41, 5.74) is 1.51. The molecular weight excluding hydrogens is 348 g/mol. The Balaban J connectivity index is 1.71. The second-order valence-corrected chi connectivity index (χ2v) is 5.91. The highest BCUT2D eigenvalue weighted by atomic mass is 16.5. The average Bonchev–Trinajstić information content (AvgIpc) is 2.67. The summed E-state index contributed by atoms with van der Waals surface area (Å²) >= 11 is 0. The Morgan fingerprint density at radius 2 is 1.67 bits per heavy atom. The van der Waals surface area contributed by atoms with Gasteiger partial charge < -0.3 is 14.8 Å². The molecule has 142 valence electrons. The van der Waals surface area contributed by atoms with Gasteiger partial charge in [-0.2, -0.15) is 0 Å². The van der Waals surface area contributed by atoms with E-state index in [-0.39, 0.29) is 12.3 Å². The smallest absolute Gasteiger partial charge is 0.325 e. The zero-order valence-corrected chi connectivity index (χ0v) is 15.2. The fraction of sp³-hybridized carbons (Fsp3) is 0.250. The molecule has 0 aromatic heterocycles. The normalized spacial score (nSPS) is 11.2. The summed E-state index contributed by atoms with van der Waals surface area (Å²) in [6, 6.07) is 15.4. The number of imide groups is 1. The van der Waals surface area contributed by atoms with Crippen molar-refractivity contribution in [2.45, 2.75) is 19.3 Å². The molecule has 3 amide bonds. The van der Waals surface area contributed by atoms with Crippen molar-refractivity contribution >= 4 is 23.6 Å². The fourth-order valence-electron chi connectivity index (χ4n) is 2.35. The van der Waals surface area contributed by atoms with Crippen LogP contribution in [0.4, 0.5) is 10.5 Å². The van der Waals surface area contributed by atoms with Gasteiger partial charge in [-0.25, -0.2) is 4.79 Å². The first kappa shape index (κ1) is 20.0. The highest BCUT2D eigenvalue weighted by molar-refractivity contribution is 6.01. The number of ether oxygens (including phenoxy) is 2. The van der Waals surface area contributed by atoms with Crippen LogP contribution in [-0.2, 0) is 14.3 Å². The molecule has 1 atom stereocenters. The lowest BCUT2D eigenvalue weighted by atomic mass is 9.98. The van der Waals surface area contributed by atoms with Gasteiger partial charge in [0.05, 0.1) is 13.5 Å². The molecule has 0 aliphatic carbocycles. The lowest BCUT2D eigenvalue weighted by Crippen LogP contribution is -2.37. The van der Waals surface area contributed by atoms with Crippen LogP contribution in [0.25, 0.3) is 0 Å². The van der Waals surface area contributed by atoms with Crippen molar-refractivity contribution in [1.29, 1.82) is 0 Å². The van der Waals surface area contributed by atoms with Crippen LogP contribution in [-0.4, -0.2) is 31.6 Å². The number of hydrogen-bond donors (Lipinski definition) is 2. The maximum atomic E-state index is 11.9. The van der Waals surface area contributed by atoms with Crippen LogP contribution in [0.2, 0.25) is 0 Å². The van der Waals surface area contributed by atoms with E-state index in [1.54, 1.807) is 24.3 Å². The molecule has 0 aliphatic rings. The van der Waals surface area contributed by atoms with E-state index >= 15 is 0 Å². The number of methoxy groups -OCH3 is 1. The van der Waals surface area contributed by atoms with E-state index in [0.29, 0.717) is 11.4 Å². The van der Waals surface area contributed by atoms with Gasteiger partial charge in [-0.15, -0.1) is 0 Å². The summed E-state index contributed by atoms with van der Waals surface area (Å²) in [6.07, 6.45) is 0.148. The number of benzene rings is 2.